The fourth-order valence-electron chi connectivity index (χ4n) is 6.15. The van der Waals surface area contributed by atoms with Crippen LogP contribution in [0.25, 0.3) is 0 Å². The third-order valence-corrected chi connectivity index (χ3v) is 9.55. The summed E-state index contributed by atoms with van der Waals surface area (Å²) in [5, 5.41) is 11.6. The Labute approximate surface area is 337 Å². The third-order valence-electron chi connectivity index (χ3n) is 9.55. The van der Waals surface area contributed by atoms with Gasteiger partial charge in [0.15, 0.2) is 6.10 Å². The fraction of sp³-hybridized carbons (Fsp3) is 0.723. The van der Waals surface area contributed by atoms with Crippen LogP contribution in [0, 0.1) is 0 Å². The van der Waals surface area contributed by atoms with Gasteiger partial charge in [0.05, 0.1) is 40.3 Å². The van der Waals surface area contributed by atoms with Gasteiger partial charge in [0.1, 0.15) is 12.6 Å². The number of likely N-dealkylation sites (N-methyl/N-ethyl adjacent to an activating group) is 1. The van der Waals surface area contributed by atoms with Crippen LogP contribution in [0.3, 0.4) is 0 Å². The van der Waals surface area contributed by atoms with Crippen LogP contribution in [0.1, 0.15) is 168 Å². The first-order valence-electron chi connectivity index (χ1n) is 21.9. The molecule has 0 rings (SSSR count). The van der Waals surface area contributed by atoms with E-state index in [1.807, 2.05) is 48.6 Å². The highest BCUT2D eigenvalue weighted by Crippen LogP contribution is 2.15. The van der Waals surface area contributed by atoms with Crippen molar-refractivity contribution < 1.29 is 38.2 Å². The van der Waals surface area contributed by atoms with Crippen molar-refractivity contribution in [1.82, 2.24) is 0 Å². The quantitative estimate of drug-likeness (QED) is 0.0266. The van der Waals surface area contributed by atoms with Crippen LogP contribution in [0.5, 0.6) is 0 Å². The highest BCUT2D eigenvalue weighted by Gasteiger charge is 2.25. The molecule has 0 aliphatic rings. The second-order valence-corrected chi connectivity index (χ2v) is 15.7. The van der Waals surface area contributed by atoms with Crippen LogP contribution in [0.2, 0.25) is 0 Å². The molecule has 0 saturated carbocycles. The van der Waals surface area contributed by atoms with Crippen molar-refractivity contribution in [1.29, 1.82) is 0 Å². The molecule has 0 aromatic carbocycles. The number of hydrogen-bond acceptors (Lipinski definition) is 7. The topological polar surface area (TPSA) is 102 Å². The molecule has 0 aliphatic carbocycles. The minimum absolute atomic E-state index is 0.0225. The summed E-state index contributed by atoms with van der Waals surface area (Å²) in [7, 11) is 5.38. The summed E-state index contributed by atoms with van der Waals surface area (Å²) in [6.07, 6.45) is 45.3. The van der Waals surface area contributed by atoms with E-state index in [1.165, 1.54) is 83.5 Å². The van der Waals surface area contributed by atoms with E-state index in [2.05, 4.69) is 26.0 Å². The van der Waals surface area contributed by atoms with E-state index in [4.69, 9.17) is 14.2 Å². The van der Waals surface area contributed by atoms with Gasteiger partial charge in [-0.1, -0.05) is 177 Å². The first-order valence-corrected chi connectivity index (χ1v) is 21.9. The molecule has 0 heterocycles. The number of hydrogen-bond donors (Lipinski definition) is 0. The lowest BCUT2D eigenvalue weighted by atomic mass is 10.0. The number of ether oxygens (including phenoxy) is 3. The number of rotatable bonds is 38. The summed E-state index contributed by atoms with van der Waals surface area (Å²) in [6.45, 7) is 4.47. The molecule has 2 unspecified atom stereocenters. The predicted octanol–water partition coefficient (Wildman–Crippen LogP) is 10.5. The number of carbonyl (C=O) groups is 3. The highest BCUT2D eigenvalue weighted by atomic mass is 16.6. The van der Waals surface area contributed by atoms with Crippen molar-refractivity contribution in [3.05, 3.63) is 60.8 Å². The maximum absolute atomic E-state index is 12.7. The van der Waals surface area contributed by atoms with Gasteiger partial charge in [-0.15, -0.1) is 0 Å². The normalized spacial score (nSPS) is 13.5. The standard InChI is InChI=1S/C47H81NO7/c1-6-8-10-12-14-16-18-20-22-24-25-27-29-31-33-35-37-45(49)54-42-43(41-53-40-39-44(47(51)52)48(3,4)5)55-46(50)38-36-34-32-30-28-26-23-21-19-17-15-13-11-9-7-2/h9,11,13,15,17,19,21,23,26,28,43-44H,6-8,10,12,14,16,18,20,22,24-25,27,29-42H2,1-5H3/b11-9+,15-13+,19-17+,23-21+,28-26+. The molecule has 0 bridgehead atoms. The molecule has 316 valence electrons. The first-order chi connectivity index (χ1) is 26.6. The molecule has 8 heteroatoms. The largest absolute Gasteiger partial charge is 0.544 e. The lowest BCUT2D eigenvalue weighted by molar-refractivity contribution is -0.889. The third kappa shape index (κ3) is 36.4. The molecule has 0 aromatic rings. The molecular weight excluding hydrogens is 691 g/mol. The Kier molecular flexibility index (Phi) is 35.9. The molecule has 0 saturated heterocycles. The zero-order valence-corrected chi connectivity index (χ0v) is 35.8. The Bertz CT molecular complexity index is 1090. The van der Waals surface area contributed by atoms with Gasteiger partial charge in [0.25, 0.3) is 0 Å². The number of aliphatic carboxylic acids is 1. The lowest BCUT2D eigenvalue weighted by Crippen LogP contribution is -2.55. The van der Waals surface area contributed by atoms with Crippen LogP contribution in [0.4, 0.5) is 0 Å². The molecule has 0 aromatic heterocycles. The van der Waals surface area contributed by atoms with Gasteiger partial charge in [-0.3, -0.25) is 9.59 Å². The smallest absolute Gasteiger partial charge is 0.306 e. The predicted molar refractivity (Wildman–Crippen MR) is 226 cm³/mol. The summed E-state index contributed by atoms with van der Waals surface area (Å²) in [5.41, 5.74) is 0. The van der Waals surface area contributed by atoms with Crippen LogP contribution < -0.4 is 5.11 Å². The Morgan fingerprint density at radius 2 is 1.02 bits per heavy atom. The van der Waals surface area contributed by atoms with E-state index in [-0.39, 0.29) is 49.1 Å². The van der Waals surface area contributed by atoms with E-state index < -0.39 is 18.1 Å². The highest BCUT2D eigenvalue weighted by molar-refractivity contribution is 5.70. The molecular formula is C47H81NO7. The number of carboxylic acids is 1. The number of allylic oxidation sites excluding steroid dienone is 10. The number of unbranched alkanes of at least 4 members (excludes halogenated alkanes) is 18. The Balaban J connectivity index is 4.41. The van der Waals surface area contributed by atoms with E-state index in [1.54, 1.807) is 21.1 Å². The number of quaternary nitrogens is 1. The van der Waals surface area contributed by atoms with Crippen LogP contribution >= 0.6 is 0 Å². The van der Waals surface area contributed by atoms with Gasteiger partial charge in [0.2, 0.25) is 0 Å². The summed E-state index contributed by atoms with van der Waals surface area (Å²) >= 11 is 0. The molecule has 0 fully saturated rings. The minimum atomic E-state index is -1.13. The molecule has 0 N–H and O–H groups in total. The van der Waals surface area contributed by atoms with Gasteiger partial charge in [-0.25, -0.2) is 0 Å². The summed E-state index contributed by atoms with van der Waals surface area (Å²) < 4.78 is 17.1. The van der Waals surface area contributed by atoms with E-state index >= 15 is 0 Å². The fourth-order valence-corrected chi connectivity index (χ4v) is 6.15. The number of nitrogens with zero attached hydrogens (tertiary/aromatic N) is 1. The van der Waals surface area contributed by atoms with Crippen molar-refractivity contribution in [2.75, 3.05) is 41.0 Å². The van der Waals surface area contributed by atoms with Crippen molar-refractivity contribution in [2.45, 2.75) is 180 Å². The number of carboxylic acid groups (broad SMARTS) is 1. The maximum atomic E-state index is 12.7. The van der Waals surface area contributed by atoms with Crippen LogP contribution in [0.15, 0.2) is 60.8 Å². The summed E-state index contributed by atoms with van der Waals surface area (Å²) in [6, 6.07) is -0.735. The van der Waals surface area contributed by atoms with Crippen LogP contribution in [-0.2, 0) is 28.6 Å². The summed E-state index contributed by atoms with van der Waals surface area (Å²) in [4.78, 5) is 36.8. The second kappa shape index (κ2) is 37.9. The molecule has 0 spiro atoms. The van der Waals surface area contributed by atoms with Crippen molar-refractivity contribution in [3.8, 4) is 0 Å². The van der Waals surface area contributed by atoms with Gasteiger partial charge in [0, 0.05) is 19.3 Å². The zero-order valence-electron chi connectivity index (χ0n) is 35.8. The van der Waals surface area contributed by atoms with Gasteiger partial charge in [-0.2, -0.15) is 0 Å². The van der Waals surface area contributed by atoms with E-state index in [0.717, 1.165) is 44.9 Å². The Morgan fingerprint density at radius 1 is 0.564 bits per heavy atom. The van der Waals surface area contributed by atoms with Gasteiger partial charge >= 0.3 is 11.9 Å². The Morgan fingerprint density at radius 3 is 1.51 bits per heavy atom. The number of esters is 2. The van der Waals surface area contributed by atoms with Crippen molar-refractivity contribution in [3.63, 3.8) is 0 Å². The monoisotopic (exact) mass is 772 g/mol. The summed E-state index contributed by atoms with van der Waals surface area (Å²) in [5.74, 6) is -1.79. The molecule has 0 radical (unpaired) electrons. The van der Waals surface area contributed by atoms with Gasteiger partial charge < -0.3 is 28.6 Å². The van der Waals surface area contributed by atoms with Crippen molar-refractivity contribution in [2.24, 2.45) is 0 Å². The SMILES string of the molecule is CC/C=C/C=C/C=C/C=C/C=C/CCCCCC(=O)OC(COCCC(C(=O)[O-])[N+](C)(C)C)COC(=O)CCCCCCCCCCCCCCCCCC. The Hall–Kier alpha value is -2.97. The molecule has 0 amide bonds. The molecule has 2 atom stereocenters. The average Bonchev–Trinajstić information content (AvgIpc) is 3.14. The zero-order chi connectivity index (χ0) is 40.7. The first kappa shape index (κ1) is 52.0. The average molecular weight is 772 g/mol. The van der Waals surface area contributed by atoms with E-state index in [9.17, 15) is 19.5 Å². The van der Waals surface area contributed by atoms with Gasteiger partial charge in [-0.05, 0) is 32.1 Å². The molecule has 0 aliphatic heterocycles. The van der Waals surface area contributed by atoms with E-state index in [0.29, 0.717) is 12.8 Å². The number of carbonyl (C=O) groups excluding carboxylic acids is 3. The molecule has 55 heavy (non-hydrogen) atoms. The van der Waals surface area contributed by atoms with Crippen molar-refractivity contribution >= 4 is 17.9 Å². The maximum Gasteiger partial charge on any atom is 0.306 e. The second-order valence-electron chi connectivity index (χ2n) is 15.7. The molecule has 8 nitrogen and oxygen atoms in total. The van der Waals surface area contributed by atoms with Crippen LogP contribution in [-0.4, -0.2) is 75.5 Å². The minimum Gasteiger partial charge on any atom is -0.544 e. The lowest BCUT2D eigenvalue weighted by Gasteiger charge is -2.34.